The summed E-state index contributed by atoms with van der Waals surface area (Å²) in [6, 6.07) is 0. The van der Waals surface area contributed by atoms with Gasteiger partial charge in [-0.1, -0.05) is 26.3 Å². The molecule has 0 aromatic rings. The molecule has 1 heteroatoms. The van der Waals surface area contributed by atoms with Crippen molar-refractivity contribution < 1.29 is 0 Å². The Kier molecular flexibility index (Phi) is 13.6. The largest absolute Gasteiger partial charge is 0.293 e. The highest BCUT2D eigenvalue weighted by molar-refractivity contribution is 5.92. The third-order valence-electron chi connectivity index (χ3n) is 0.761. The minimum absolute atomic E-state index is 1.07. The van der Waals surface area contributed by atoms with Gasteiger partial charge in [0.15, 0.2) is 0 Å². The second kappa shape index (κ2) is 11.2. The molecule has 0 heterocycles. The number of hydrogen-bond acceptors (Lipinski definition) is 1. The third-order valence-corrected chi connectivity index (χ3v) is 0.761. The summed E-state index contributed by atoms with van der Waals surface area (Å²) in [7, 11) is 1.79. The molecule has 0 amide bonds. The first kappa shape index (κ1) is 12.1. The monoisotopic (exact) mass is 141 g/mol. The van der Waals surface area contributed by atoms with Gasteiger partial charge in [-0.2, -0.15) is 0 Å². The second-order valence-corrected chi connectivity index (χ2v) is 2.07. The van der Waals surface area contributed by atoms with Crippen molar-refractivity contribution in [3.05, 3.63) is 12.2 Å². The van der Waals surface area contributed by atoms with E-state index >= 15 is 0 Å². The van der Waals surface area contributed by atoms with Gasteiger partial charge in [0.1, 0.15) is 0 Å². The number of aliphatic imine (C=N–C) groups is 1. The molecule has 0 aliphatic carbocycles. The molecule has 0 bridgehead atoms. The van der Waals surface area contributed by atoms with E-state index in [2.05, 4.69) is 18.8 Å². The minimum Gasteiger partial charge on any atom is -0.293 e. The van der Waals surface area contributed by atoms with Crippen molar-refractivity contribution in [1.29, 1.82) is 0 Å². The highest BCUT2D eigenvalue weighted by atomic mass is 14.7. The Bertz CT molecular complexity index is 101. The summed E-state index contributed by atoms with van der Waals surface area (Å²) in [5, 5.41) is 0. The zero-order valence-electron chi connectivity index (χ0n) is 7.81. The summed E-state index contributed by atoms with van der Waals surface area (Å²) in [5.74, 6) is 0. The first-order valence-electron chi connectivity index (χ1n) is 3.78. The van der Waals surface area contributed by atoms with Crippen LogP contribution in [0, 0.1) is 0 Å². The molecule has 1 nitrogen and oxygen atoms in total. The summed E-state index contributed by atoms with van der Waals surface area (Å²) >= 11 is 0. The van der Waals surface area contributed by atoms with Crippen LogP contribution in [0.4, 0.5) is 0 Å². The molecule has 0 radical (unpaired) electrons. The molecular formula is C9H19N. The summed E-state index contributed by atoms with van der Waals surface area (Å²) in [5.41, 5.74) is 1.07. The van der Waals surface area contributed by atoms with Gasteiger partial charge < -0.3 is 0 Å². The molecule has 0 unspecified atom stereocenters. The van der Waals surface area contributed by atoms with Gasteiger partial charge in [0.2, 0.25) is 0 Å². The average Bonchev–Trinajstić information content (AvgIpc) is 1.90. The van der Waals surface area contributed by atoms with Crippen molar-refractivity contribution in [2.75, 3.05) is 7.05 Å². The van der Waals surface area contributed by atoms with Crippen molar-refractivity contribution in [2.24, 2.45) is 4.99 Å². The molecule has 0 rings (SSSR count). The van der Waals surface area contributed by atoms with E-state index in [-0.39, 0.29) is 0 Å². The summed E-state index contributed by atoms with van der Waals surface area (Å²) in [6.07, 6.45) is 5.20. The highest BCUT2D eigenvalue weighted by Gasteiger charge is 1.71. The fraction of sp³-hybridized carbons (Fsp3) is 0.667. The lowest BCUT2D eigenvalue weighted by Gasteiger charge is -1.80. The molecular weight excluding hydrogens is 122 g/mol. The smallest absolute Gasteiger partial charge is 0.0310 e. The lowest BCUT2D eigenvalue weighted by Crippen LogP contribution is -1.79. The van der Waals surface area contributed by atoms with E-state index in [1.54, 1.807) is 7.05 Å². The quantitative estimate of drug-likeness (QED) is 0.498. The van der Waals surface area contributed by atoms with Gasteiger partial charge >= 0.3 is 0 Å². The SMILES string of the molecule is C/C=C\C(C)=NC.CCC. The summed E-state index contributed by atoms with van der Waals surface area (Å²) in [6.45, 7) is 8.20. The maximum atomic E-state index is 3.91. The van der Waals surface area contributed by atoms with E-state index in [0.717, 1.165) is 5.71 Å². The average molecular weight is 141 g/mol. The van der Waals surface area contributed by atoms with Crippen LogP contribution in [0.15, 0.2) is 17.1 Å². The van der Waals surface area contributed by atoms with Crippen molar-refractivity contribution in [3.8, 4) is 0 Å². The van der Waals surface area contributed by atoms with Gasteiger partial charge in [-0.15, -0.1) is 0 Å². The molecule has 0 spiro atoms. The molecule has 0 fully saturated rings. The highest BCUT2D eigenvalue weighted by Crippen LogP contribution is 1.75. The van der Waals surface area contributed by atoms with Gasteiger partial charge in [0.25, 0.3) is 0 Å². The molecule has 0 aromatic carbocycles. The van der Waals surface area contributed by atoms with Gasteiger partial charge in [-0.3, -0.25) is 4.99 Å². The first-order chi connectivity index (χ1) is 4.72. The van der Waals surface area contributed by atoms with Crippen LogP contribution in [0.2, 0.25) is 0 Å². The fourth-order valence-electron chi connectivity index (χ4n) is 0.316. The van der Waals surface area contributed by atoms with Crippen molar-refractivity contribution in [3.63, 3.8) is 0 Å². The molecule has 0 aromatic heterocycles. The normalized spacial score (nSPS) is 11.1. The van der Waals surface area contributed by atoms with Crippen LogP contribution in [0.25, 0.3) is 0 Å². The molecule has 0 saturated heterocycles. The van der Waals surface area contributed by atoms with Crippen molar-refractivity contribution in [1.82, 2.24) is 0 Å². The van der Waals surface area contributed by atoms with E-state index in [4.69, 9.17) is 0 Å². The van der Waals surface area contributed by atoms with Crippen LogP contribution in [0.3, 0.4) is 0 Å². The molecule has 0 N–H and O–H groups in total. The van der Waals surface area contributed by atoms with Crippen LogP contribution in [0.1, 0.15) is 34.1 Å². The van der Waals surface area contributed by atoms with Crippen LogP contribution in [-0.4, -0.2) is 12.8 Å². The minimum atomic E-state index is 1.07. The molecule has 0 aliphatic heterocycles. The fourth-order valence-corrected chi connectivity index (χ4v) is 0.316. The predicted octanol–water partition coefficient (Wildman–Crippen LogP) is 3.07. The number of rotatable bonds is 1. The topological polar surface area (TPSA) is 12.4 Å². The molecule has 0 aliphatic rings. The Morgan fingerprint density at radius 3 is 1.90 bits per heavy atom. The zero-order chi connectivity index (χ0) is 8.41. The summed E-state index contributed by atoms with van der Waals surface area (Å²) < 4.78 is 0. The van der Waals surface area contributed by atoms with Gasteiger partial charge in [-0.05, 0) is 19.9 Å². The van der Waals surface area contributed by atoms with Crippen LogP contribution in [-0.2, 0) is 0 Å². The van der Waals surface area contributed by atoms with Gasteiger partial charge in [-0.25, -0.2) is 0 Å². The Morgan fingerprint density at radius 1 is 1.40 bits per heavy atom. The van der Waals surface area contributed by atoms with E-state index in [9.17, 15) is 0 Å². The van der Waals surface area contributed by atoms with E-state index < -0.39 is 0 Å². The maximum Gasteiger partial charge on any atom is 0.0310 e. The van der Waals surface area contributed by atoms with E-state index in [0.29, 0.717) is 0 Å². The first-order valence-corrected chi connectivity index (χ1v) is 3.78. The van der Waals surface area contributed by atoms with E-state index in [1.165, 1.54) is 6.42 Å². The van der Waals surface area contributed by atoms with Crippen LogP contribution < -0.4 is 0 Å². The van der Waals surface area contributed by atoms with Gasteiger partial charge in [0.05, 0.1) is 0 Å². The number of allylic oxidation sites excluding steroid dienone is 2. The molecule has 10 heavy (non-hydrogen) atoms. The molecule has 60 valence electrons. The Hall–Kier alpha value is -0.590. The summed E-state index contributed by atoms with van der Waals surface area (Å²) in [4.78, 5) is 3.91. The van der Waals surface area contributed by atoms with Crippen molar-refractivity contribution >= 4 is 5.71 Å². The Labute approximate surface area is 64.9 Å². The zero-order valence-corrected chi connectivity index (χ0v) is 7.81. The van der Waals surface area contributed by atoms with Crippen molar-refractivity contribution in [2.45, 2.75) is 34.1 Å². The molecule has 0 atom stereocenters. The Balaban J connectivity index is 0. The lowest BCUT2D eigenvalue weighted by atomic mass is 10.4. The number of hydrogen-bond donors (Lipinski definition) is 0. The maximum absolute atomic E-state index is 3.91. The van der Waals surface area contributed by atoms with Crippen LogP contribution in [0.5, 0.6) is 0 Å². The third kappa shape index (κ3) is 15.7. The second-order valence-electron chi connectivity index (χ2n) is 2.07. The molecule has 0 saturated carbocycles. The lowest BCUT2D eigenvalue weighted by molar-refractivity contribution is 1.09. The van der Waals surface area contributed by atoms with E-state index in [1.807, 2.05) is 26.0 Å². The predicted molar refractivity (Wildman–Crippen MR) is 49.8 cm³/mol. The number of nitrogens with zero attached hydrogens (tertiary/aromatic N) is 1. The Morgan fingerprint density at radius 2 is 1.80 bits per heavy atom. The van der Waals surface area contributed by atoms with Gasteiger partial charge in [0, 0.05) is 12.8 Å². The van der Waals surface area contributed by atoms with Crippen LogP contribution >= 0.6 is 0 Å². The standard InChI is InChI=1S/C6H11N.C3H8/c1-4-5-6(2)7-3;1-3-2/h4-5H,1-3H3;3H2,1-2H3/b5-4-,7-6?;.